The zero-order valence-electron chi connectivity index (χ0n) is 14.3. The molecule has 2 aromatic carbocycles. The molecule has 0 amide bonds. The number of methoxy groups -OCH3 is 1. The largest absolute Gasteiger partial charge is 0.507 e. The van der Waals surface area contributed by atoms with Crippen molar-refractivity contribution in [2.45, 2.75) is 20.3 Å². The number of benzene rings is 2. The van der Waals surface area contributed by atoms with E-state index >= 15 is 0 Å². The fourth-order valence-corrected chi connectivity index (χ4v) is 2.89. The number of ether oxygens (including phenoxy) is 2. The molecule has 0 aliphatic carbocycles. The fourth-order valence-electron chi connectivity index (χ4n) is 2.62. The Bertz CT molecular complexity index is 796. The quantitative estimate of drug-likeness (QED) is 0.747. The molecule has 0 saturated carbocycles. The number of phenolic OH excluding ortho intramolecular Hbond substituents is 1. The number of halogens is 1. The molecule has 25 heavy (non-hydrogen) atoms. The van der Waals surface area contributed by atoms with Crippen molar-refractivity contribution in [3.05, 3.63) is 51.5 Å². The summed E-state index contributed by atoms with van der Waals surface area (Å²) in [6, 6.07) is 8.76. The lowest BCUT2D eigenvalue weighted by Gasteiger charge is -2.17. The van der Waals surface area contributed by atoms with Crippen molar-refractivity contribution in [3.8, 4) is 16.9 Å². The molecule has 0 bridgehead atoms. The van der Waals surface area contributed by atoms with Crippen LogP contribution < -0.4 is 0 Å². The molecular formula is C19H19BrO5. The molecule has 0 aromatic heterocycles. The summed E-state index contributed by atoms with van der Waals surface area (Å²) in [6.07, 6.45) is 0.366. The van der Waals surface area contributed by atoms with Gasteiger partial charge in [0.05, 0.1) is 19.3 Å². The summed E-state index contributed by atoms with van der Waals surface area (Å²) >= 11 is 3.36. The van der Waals surface area contributed by atoms with E-state index in [1.165, 1.54) is 7.11 Å². The molecule has 2 rings (SSSR count). The molecule has 0 saturated heterocycles. The van der Waals surface area contributed by atoms with Crippen molar-refractivity contribution in [3.63, 3.8) is 0 Å². The van der Waals surface area contributed by atoms with Crippen LogP contribution in [-0.2, 0) is 15.9 Å². The van der Waals surface area contributed by atoms with Gasteiger partial charge in [-0.15, -0.1) is 0 Å². The molecule has 0 atom stereocenters. The average molecular weight is 407 g/mol. The number of esters is 2. The van der Waals surface area contributed by atoms with E-state index in [-0.39, 0.29) is 23.5 Å². The topological polar surface area (TPSA) is 72.8 Å². The molecule has 0 unspecified atom stereocenters. The van der Waals surface area contributed by atoms with Crippen LogP contribution >= 0.6 is 15.9 Å². The molecule has 0 radical (unpaired) electrons. The second-order valence-corrected chi connectivity index (χ2v) is 6.16. The minimum atomic E-state index is -0.666. The van der Waals surface area contributed by atoms with Crippen LogP contribution in [0.4, 0.5) is 0 Å². The van der Waals surface area contributed by atoms with Crippen molar-refractivity contribution in [1.29, 1.82) is 0 Å². The highest BCUT2D eigenvalue weighted by atomic mass is 79.9. The standard InChI is InChI=1S/C19H19BrO5/c1-4-13-15(18(22)25-5-2)10-14(11-6-8-12(20)9-7-11)16(17(13)21)19(23)24-3/h6-10,21H,4-5H2,1-3H3. The lowest BCUT2D eigenvalue weighted by molar-refractivity contribution is 0.0521. The van der Waals surface area contributed by atoms with E-state index in [1.807, 2.05) is 12.1 Å². The van der Waals surface area contributed by atoms with Gasteiger partial charge < -0.3 is 14.6 Å². The van der Waals surface area contributed by atoms with E-state index < -0.39 is 11.9 Å². The van der Waals surface area contributed by atoms with Gasteiger partial charge in [0, 0.05) is 15.6 Å². The maximum atomic E-state index is 12.3. The van der Waals surface area contributed by atoms with Gasteiger partial charge in [0.25, 0.3) is 0 Å². The summed E-state index contributed by atoms with van der Waals surface area (Å²) in [5.41, 5.74) is 1.73. The van der Waals surface area contributed by atoms with Crippen molar-refractivity contribution < 1.29 is 24.2 Å². The van der Waals surface area contributed by atoms with Gasteiger partial charge in [-0.3, -0.25) is 0 Å². The van der Waals surface area contributed by atoms with E-state index in [0.717, 1.165) is 4.47 Å². The molecule has 1 N–H and O–H groups in total. The van der Waals surface area contributed by atoms with Crippen LogP contribution in [0.5, 0.6) is 5.75 Å². The van der Waals surface area contributed by atoms with Crippen molar-refractivity contribution in [1.82, 2.24) is 0 Å². The van der Waals surface area contributed by atoms with Crippen LogP contribution in [0, 0.1) is 0 Å². The molecule has 5 nitrogen and oxygen atoms in total. The number of carbonyl (C=O) groups excluding carboxylic acids is 2. The Hall–Kier alpha value is -2.34. The van der Waals surface area contributed by atoms with Gasteiger partial charge in [0.2, 0.25) is 0 Å². The molecule has 0 aliphatic heterocycles. The Morgan fingerprint density at radius 1 is 1.12 bits per heavy atom. The lowest BCUT2D eigenvalue weighted by atomic mass is 9.91. The van der Waals surface area contributed by atoms with Gasteiger partial charge in [0.1, 0.15) is 11.3 Å². The highest BCUT2D eigenvalue weighted by Crippen LogP contribution is 2.37. The Morgan fingerprint density at radius 3 is 2.28 bits per heavy atom. The number of hydrogen-bond acceptors (Lipinski definition) is 5. The molecule has 6 heteroatoms. The van der Waals surface area contributed by atoms with Crippen molar-refractivity contribution >= 4 is 27.9 Å². The summed E-state index contributed by atoms with van der Waals surface area (Å²) in [7, 11) is 1.25. The Morgan fingerprint density at radius 2 is 1.76 bits per heavy atom. The molecule has 0 heterocycles. The van der Waals surface area contributed by atoms with Crippen LogP contribution in [0.3, 0.4) is 0 Å². The molecule has 0 aliphatic rings. The Balaban J connectivity index is 2.80. The van der Waals surface area contributed by atoms with Gasteiger partial charge in [-0.1, -0.05) is 35.0 Å². The molecule has 132 valence electrons. The molecule has 0 spiro atoms. The van der Waals surface area contributed by atoms with Gasteiger partial charge in [-0.05, 0) is 37.1 Å². The van der Waals surface area contributed by atoms with E-state index in [1.54, 1.807) is 32.0 Å². The van der Waals surface area contributed by atoms with Crippen LogP contribution in [0.25, 0.3) is 11.1 Å². The van der Waals surface area contributed by atoms with E-state index in [2.05, 4.69) is 15.9 Å². The van der Waals surface area contributed by atoms with Crippen LogP contribution in [-0.4, -0.2) is 30.8 Å². The zero-order valence-corrected chi connectivity index (χ0v) is 15.8. The van der Waals surface area contributed by atoms with Gasteiger partial charge >= 0.3 is 11.9 Å². The summed E-state index contributed by atoms with van der Waals surface area (Å²) in [6.45, 7) is 3.72. The van der Waals surface area contributed by atoms with Gasteiger partial charge in [0.15, 0.2) is 0 Å². The monoisotopic (exact) mass is 406 g/mol. The first-order chi connectivity index (χ1) is 11.9. The fraction of sp³-hybridized carbons (Fsp3) is 0.263. The highest BCUT2D eigenvalue weighted by Gasteiger charge is 2.26. The van der Waals surface area contributed by atoms with E-state index in [0.29, 0.717) is 23.1 Å². The van der Waals surface area contributed by atoms with Gasteiger partial charge in [-0.2, -0.15) is 0 Å². The Kier molecular flexibility index (Phi) is 6.20. The summed E-state index contributed by atoms with van der Waals surface area (Å²) < 4.78 is 10.8. The third kappa shape index (κ3) is 3.85. The maximum Gasteiger partial charge on any atom is 0.342 e. The number of phenols is 1. The van der Waals surface area contributed by atoms with E-state index in [9.17, 15) is 14.7 Å². The predicted octanol–water partition coefficient (Wildman–Crippen LogP) is 4.35. The number of carbonyl (C=O) groups is 2. The smallest absolute Gasteiger partial charge is 0.342 e. The zero-order chi connectivity index (χ0) is 18.6. The molecule has 2 aromatic rings. The number of rotatable bonds is 5. The molecular weight excluding hydrogens is 388 g/mol. The average Bonchev–Trinajstić information content (AvgIpc) is 2.61. The van der Waals surface area contributed by atoms with E-state index in [4.69, 9.17) is 9.47 Å². The first-order valence-electron chi connectivity index (χ1n) is 7.84. The third-order valence-corrected chi connectivity index (χ3v) is 4.33. The Labute approximate surface area is 154 Å². The summed E-state index contributed by atoms with van der Waals surface area (Å²) in [5.74, 6) is -1.46. The number of aromatic hydroxyl groups is 1. The summed E-state index contributed by atoms with van der Waals surface area (Å²) in [5, 5.41) is 10.7. The lowest BCUT2D eigenvalue weighted by Crippen LogP contribution is -2.12. The first kappa shape index (κ1) is 19.0. The maximum absolute atomic E-state index is 12.3. The SMILES string of the molecule is CCOC(=O)c1cc(-c2ccc(Br)cc2)c(C(=O)OC)c(O)c1CC. The highest BCUT2D eigenvalue weighted by molar-refractivity contribution is 9.10. The van der Waals surface area contributed by atoms with Crippen LogP contribution in [0.2, 0.25) is 0 Å². The second kappa shape index (κ2) is 8.16. The third-order valence-electron chi connectivity index (χ3n) is 3.80. The predicted molar refractivity (Wildman–Crippen MR) is 97.9 cm³/mol. The minimum Gasteiger partial charge on any atom is -0.507 e. The normalized spacial score (nSPS) is 10.4. The second-order valence-electron chi connectivity index (χ2n) is 5.25. The minimum absolute atomic E-state index is 0.0368. The van der Waals surface area contributed by atoms with Crippen LogP contribution in [0.1, 0.15) is 40.1 Å². The van der Waals surface area contributed by atoms with Crippen molar-refractivity contribution in [2.24, 2.45) is 0 Å². The van der Waals surface area contributed by atoms with Crippen LogP contribution in [0.15, 0.2) is 34.8 Å². The first-order valence-corrected chi connectivity index (χ1v) is 8.64. The van der Waals surface area contributed by atoms with Gasteiger partial charge in [-0.25, -0.2) is 9.59 Å². The number of hydrogen-bond donors (Lipinski definition) is 1. The van der Waals surface area contributed by atoms with Crippen molar-refractivity contribution in [2.75, 3.05) is 13.7 Å². The molecule has 0 fully saturated rings. The summed E-state index contributed by atoms with van der Waals surface area (Å²) in [4.78, 5) is 24.6.